The molecule has 0 aromatic carbocycles. The van der Waals surface area contributed by atoms with E-state index in [0.29, 0.717) is 36.1 Å². The molecule has 0 aromatic heterocycles. The summed E-state index contributed by atoms with van der Waals surface area (Å²) in [7, 11) is 0. The van der Waals surface area contributed by atoms with Gasteiger partial charge in [-0.05, 0) is 38.8 Å². The Labute approximate surface area is 136 Å². The molecule has 0 aromatic rings. The quantitative estimate of drug-likeness (QED) is 0.196. The first kappa shape index (κ1) is 20.2. The molecular formula is C14H22Cl2O4Si. The van der Waals surface area contributed by atoms with E-state index in [4.69, 9.17) is 31.6 Å². The van der Waals surface area contributed by atoms with Crippen molar-refractivity contribution in [1.29, 1.82) is 0 Å². The van der Waals surface area contributed by atoms with E-state index in [9.17, 15) is 9.59 Å². The molecule has 0 saturated heterocycles. The van der Waals surface area contributed by atoms with Gasteiger partial charge in [0.2, 0.25) is 0 Å². The first-order valence-corrected chi connectivity index (χ1v) is 11.1. The highest BCUT2D eigenvalue weighted by Crippen LogP contribution is 2.28. The van der Waals surface area contributed by atoms with Gasteiger partial charge >= 0.3 is 11.9 Å². The highest BCUT2D eigenvalue weighted by atomic mass is 35.7. The summed E-state index contributed by atoms with van der Waals surface area (Å²) < 4.78 is 9.94. The van der Waals surface area contributed by atoms with Gasteiger partial charge in [0, 0.05) is 11.1 Å². The van der Waals surface area contributed by atoms with Gasteiger partial charge in [-0.25, -0.2) is 9.59 Å². The molecule has 7 heteroatoms. The monoisotopic (exact) mass is 352 g/mol. The lowest BCUT2D eigenvalue weighted by Gasteiger charge is -2.16. The van der Waals surface area contributed by atoms with Crippen LogP contribution in [-0.2, 0) is 19.1 Å². The number of carbonyl (C=O) groups is 2. The zero-order valence-corrected chi connectivity index (χ0v) is 15.1. The molecule has 120 valence electrons. The van der Waals surface area contributed by atoms with Crippen LogP contribution in [0.15, 0.2) is 24.3 Å². The van der Waals surface area contributed by atoms with E-state index in [1.54, 1.807) is 13.8 Å². The smallest absolute Gasteiger partial charge is 0.333 e. The number of hydrogen-bond acceptors (Lipinski definition) is 4. The minimum Gasteiger partial charge on any atom is -0.462 e. The molecule has 0 radical (unpaired) electrons. The van der Waals surface area contributed by atoms with Crippen LogP contribution in [-0.4, -0.2) is 31.8 Å². The summed E-state index contributed by atoms with van der Waals surface area (Å²) in [4.78, 5) is 22.3. The second-order valence-electron chi connectivity index (χ2n) is 4.90. The van der Waals surface area contributed by atoms with Crippen molar-refractivity contribution in [1.82, 2.24) is 0 Å². The van der Waals surface area contributed by atoms with Gasteiger partial charge in [-0.1, -0.05) is 13.2 Å². The van der Waals surface area contributed by atoms with Gasteiger partial charge in [-0.2, -0.15) is 0 Å². The van der Waals surface area contributed by atoms with Crippen molar-refractivity contribution in [3.8, 4) is 0 Å². The van der Waals surface area contributed by atoms with Crippen molar-refractivity contribution in [2.45, 2.75) is 38.8 Å². The van der Waals surface area contributed by atoms with Crippen molar-refractivity contribution in [2.75, 3.05) is 13.2 Å². The molecule has 0 atom stereocenters. The summed E-state index contributed by atoms with van der Waals surface area (Å²) in [6.07, 6.45) is 1.23. The van der Waals surface area contributed by atoms with Crippen molar-refractivity contribution in [2.24, 2.45) is 0 Å². The molecule has 0 N–H and O–H groups in total. The van der Waals surface area contributed by atoms with Gasteiger partial charge in [0.1, 0.15) is 0 Å². The largest absolute Gasteiger partial charge is 0.462 e. The molecule has 0 spiro atoms. The van der Waals surface area contributed by atoms with Crippen LogP contribution in [0.3, 0.4) is 0 Å². The van der Waals surface area contributed by atoms with E-state index >= 15 is 0 Å². The zero-order valence-electron chi connectivity index (χ0n) is 12.5. The molecule has 0 fully saturated rings. The predicted molar refractivity (Wildman–Crippen MR) is 87.9 cm³/mol. The van der Waals surface area contributed by atoms with Gasteiger partial charge in [0.05, 0.1) is 13.2 Å². The van der Waals surface area contributed by atoms with E-state index in [0.717, 1.165) is 0 Å². The van der Waals surface area contributed by atoms with Crippen molar-refractivity contribution in [3.05, 3.63) is 24.3 Å². The molecule has 0 amide bonds. The molecular weight excluding hydrogens is 331 g/mol. The molecule has 21 heavy (non-hydrogen) atoms. The van der Waals surface area contributed by atoms with Crippen LogP contribution in [0.5, 0.6) is 0 Å². The predicted octanol–water partition coefficient (Wildman–Crippen LogP) is 3.93. The zero-order chi connectivity index (χ0) is 16.5. The summed E-state index contributed by atoms with van der Waals surface area (Å²) in [6.45, 7) is 8.35. The van der Waals surface area contributed by atoms with E-state index in [-0.39, 0.29) is 13.2 Å². The van der Waals surface area contributed by atoms with E-state index in [1.165, 1.54) is 0 Å². The van der Waals surface area contributed by atoms with Crippen LogP contribution >= 0.6 is 22.2 Å². The van der Waals surface area contributed by atoms with Crippen LogP contribution in [0.25, 0.3) is 0 Å². The highest BCUT2D eigenvalue weighted by Gasteiger charge is 2.27. The number of hydrogen-bond donors (Lipinski definition) is 0. The van der Waals surface area contributed by atoms with Gasteiger partial charge in [0.15, 0.2) is 0 Å². The minimum atomic E-state index is -2.38. The third-order valence-electron chi connectivity index (χ3n) is 2.54. The van der Waals surface area contributed by atoms with E-state index in [2.05, 4.69) is 13.2 Å². The topological polar surface area (TPSA) is 52.6 Å². The number of rotatable bonds is 10. The SMILES string of the molecule is C=C(C)C(=O)OCCC[Si](Cl)(Cl)CCCOC(=O)C(=C)C. The fourth-order valence-corrected chi connectivity index (χ4v) is 4.54. The molecule has 0 rings (SSSR count). The second-order valence-corrected chi connectivity index (χ2v) is 12.5. The summed E-state index contributed by atoms with van der Waals surface area (Å²) in [5, 5.41) is 0. The number of halogens is 2. The van der Waals surface area contributed by atoms with Crippen LogP contribution < -0.4 is 0 Å². The van der Waals surface area contributed by atoms with Gasteiger partial charge in [-0.3, -0.25) is 0 Å². The van der Waals surface area contributed by atoms with Gasteiger partial charge < -0.3 is 9.47 Å². The maximum absolute atomic E-state index is 11.2. The Balaban J connectivity index is 3.78. The molecule has 4 nitrogen and oxygen atoms in total. The summed E-state index contributed by atoms with van der Waals surface area (Å²) in [6, 6.07) is 1.24. The highest BCUT2D eigenvalue weighted by molar-refractivity contribution is 7.45. The third kappa shape index (κ3) is 10.6. The van der Waals surface area contributed by atoms with Crippen LogP contribution in [0.1, 0.15) is 26.7 Å². The summed E-state index contributed by atoms with van der Waals surface area (Å²) in [5.74, 6) is -0.809. The van der Waals surface area contributed by atoms with Crippen molar-refractivity contribution < 1.29 is 19.1 Å². The Bertz CT molecular complexity index is 372. The molecule has 0 unspecified atom stereocenters. The molecule has 0 bridgehead atoms. The van der Waals surface area contributed by atoms with Gasteiger partial charge in [0.25, 0.3) is 6.69 Å². The lowest BCUT2D eigenvalue weighted by molar-refractivity contribution is -0.139. The molecule has 0 saturated carbocycles. The number of esters is 2. The Morgan fingerprint density at radius 2 is 1.24 bits per heavy atom. The normalized spacial score (nSPS) is 10.9. The van der Waals surface area contributed by atoms with Crippen molar-refractivity contribution in [3.63, 3.8) is 0 Å². The van der Waals surface area contributed by atoms with E-state index < -0.39 is 18.6 Å². The van der Waals surface area contributed by atoms with Crippen LogP contribution in [0.2, 0.25) is 12.1 Å². The maximum Gasteiger partial charge on any atom is 0.333 e. The number of carbonyl (C=O) groups excluding carboxylic acids is 2. The Morgan fingerprint density at radius 3 is 1.52 bits per heavy atom. The standard InChI is InChI=1S/C14H22Cl2O4Si/c1-11(2)13(17)19-7-5-9-21(15,16)10-6-8-20-14(18)12(3)4/h1,3,5-10H2,2,4H3. The fraction of sp³-hybridized carbons (Fsp3) is 0.571. The molecule has 0 aliphatic carbocycles. The summed E-state index contributed by atoms with van der Waals surface area (Å²) >= 11 is 12.6. The Kier molecular flexibility index (Phi) is 9.65. The fourth-order valence-electron chi connectivity index (χ4n) is 1.36. The Hall–Kier alpha value is -0.783. The first-order valence-electron chi connectivity index (χ1n) is 6.69. The minimum absolute atomic E-state index is 0.282. The van der Waals surface area contributed by atoms with Crippen molar-refractivity contribution >= 4 is 40.8 Å². The first-order chi connectivity index (χ1) is 9.65. The number of ether oxygens (including phenoxy) is 2. The van der Waals surface area contributed by atoms with Crippen LogP contribution in [0, 0.1) is 0 Å². The summed E-state index contributed by atoms with van der Waals surface area (Å²) in [5.41, 5.74) is 0.740. The lowest BCUT2D eigenvalue weighted by Crippen LogP contribution is -2.21. The third-order valence-corrected chi connectivity index (χ3v) is 6.97. The average molecular weight is 353 g/mol. The molecule has 0 aliphatic rings. The van der Waals surface area contributed by atoms with E-state index in [1.807, 2.05) is 0 Å². The lowest BCUT2D eigenvalue weighted by atomic mass is 10.4. The second kappa shape index (κ2) is 10.0. The Morgan fingerprint density at radius 1 is 0.905 bits per heavy atom. The maximum atomic E-state index is 11.2. The average Bonchev–Trinajstić information content (AvgIpc) is 2.38. The molecule has 0 heterocycles. The van der Waals surface area contributed by atoms with Gasteiger partial charge in [-0.15, -0.1) is 22.2 Å². The molecule has 0 aliphatic heterocycles. The van der Waals surface area contributed by atoms with Crippen LogP contribution in [0.4, 0.5) is 0 Å².